The van der Waals surface area contributed by atoms with Crippen LogP contribution in [0.15, 0.2) is 54.6 Å². The van der Waals surface area contributed by atoms with Crippen molar-refractivity contribution in [3.05, 3.63) is 65.7 Å². The molecule has 2 amide bonds. The number of para-hydroxylation sites is 1. The number of nitrogens with one attached hydrogen (secondary N) is 2. The minimum Gasteiger partial charge on any atom is -0.340 e. The van der Waals surface area contributed by atoms with E-state index in [0.717, 1.165) is 30.9 Å². The Hall–Kier alpha value is -2.70. The number of nitrogens with zero attached hydrogens (tertiary/aromatic N) is 2. The predicted molar refractivity (Wildman–Crippen MR) is 109 cm³/mol. The molecule has 2 N–H and O–H groups in total. The lowest BCUT2D eigenvalue weighted by Gasteiger charge is -2.37. The fraction of sp³-hybridized carbons (Fsp3) is 0.364. The highest BCUT2D eigenvalue weighted by Gasteiger charge is 2.31. The minimum atomic E-state index is -0.113. The van der Waals surface area contributed by atoms with E-state index < -0.39 is 0 Å². The van der Waals surface area contributed by atoms with Crippen LogP contribution in [0.1, 0.15) is 17.0 Å². The van der Waals surface area contributed by atoms with Crippen molar-refractivity contribution in [2.75, 3.05) is 44.6 Å². The van der Waals surface area contributed by atoms with Crippen LogP contribution >= 0.6 is 0 Å². The standard InChI is InChI=1S/C22H26N4O2/c27-21(24-18-7-2-1-3-8-18)16-25-10-12-26(13-11-25)22(28)20-15-23-14-17-6-4-5-9-19(17)20/h1-9,20,23H,10-16H2,(H,24,27). The number of piperazine rings is 1. The highest BCUT2D eigenvalue weighted by Crippen LogP contribution is 2.26. The Bertz CT molecular complexity index is 831. The molecule has 6 nitrogen and oxygen atoms in total. The van der Waals surface area contributed by atoms with E-state index in [1.54, 1.807) is 0 Å². The Morgan fingerprint density at radius 2 is 1.68 bits per heavy atom. The minimum absolute atomic E-state index is 0.0172. The predicted octanol–water partition coefficient (Wildman–Crippen LogP) is 1.66. The monoisotopic (exact) mass is 378 g/mol. The van der Waals surface area contributed by atoms with Gasteiger partial charge in [-0.3, -0.25) is 14.5 Å². The van der Waals surface area contributed by atoms with Crippen molar-refractivity contribution in [1.82, 2.24) is 15.1 Å². The van der Waals surface area contributed by atoms with Crippen molar-refractivity contribution in [3.8, 4) is 0 Å². The number of anilines is 1. The molecule has 0 aliphatic carbocycles. The molecule has 28 heavy (non-hydrogen) atoms. The fourth-order valence-electron chi connectivity index (χ4n) is 3.99. The molecule has 2 heterocycles. The first kappa shape index (κ1) is 18.7. The second-order valence-corrected chi connectivity index (χ2v) is 7.40. The molecule has 2 aromatic carbocycles. The summed E-state index contributed by atoms with van der Waals surface area (Å²) in [6, 6.07) is 17.7. The second kappa shape index (κ2) is 8.54. The molecule has 4 rings (SSSR count). The van der Waals surface area contributed by atoms with Crippen LogP contribution in [0.25, 0.3) is 0 Å². The lowest BCUT2D eigenvalue weighted by Crippen LogP contribution is -2.52. The highest BCUT2D eigenvalue weighted by atomic mass is 16.2. The Kier molecular flexibility index (Phi) is 5.69. The summed E-state index contributed by atoms with van der Waals surface area (Å²) in [6.07, 6.45) is 0. The first-order chi connectivity index (χ1) is 13.7. The SMILES string of the molecule is O=C(CN1CCN(C(=O)C2CNCc3ccccc32)CC1)Nc1ccccc1. The topological polar surface area (TPSA) is 64.7 Å². The van der Waals surface area contributed by atoms with E-state index in [1.165, 1.54) is 5.56 Å². The molecular formula is C22H26N4O2. The molecule has 2 aliphatic rings. The molecule has 1 fully saturated rings. The van der Waals surface area contributed by atoms with Crippen molar-refractivity contribution < 1.29 is 9.59 Å². The number of hydrogen-bond acceptors (Lipinski definition) is 4. The maximum absolute atomic E-state index is 13.1. The summed E-state index contributed by atoms with van der Waals surface area (Å²) in [4.78, 5) is 29.4. The van der Waals surface area contributed by atoms with Crippen LogP contribution in [0.3, 0.4) is 0 Å². The van der Waals surface area contributed by atoms with Crippen LogP contribution in [-0.4, -0.2) is 60.9 Å². The van der Waals surface area contributed by atoms with Gasteiger partial charge in [0.2, 0.25) is 11.8 Å². The van der Waals surface area contributed by atoms with Crippen LogP contribution in [0.5, 0.6) is 0 Å². The molecule has 2 aromatic rings. The Labute approximate surface area is 165 Å². The zero-order chi connectivity index (χ0) is 19.3. The molecule has 1 unspecified atom stereocenters. The first-order valence-corrected chi connectivity index (χ1v) is 9.85. The maximum atomic E-state index is 13.1. The zero-order valence-electron chi connectivity index (χ0n) is 15.9. The Morgan fingerprint density at radius 1 is 0.964 bits per heavy atom. The molecule has 146 valence electrons. The van der Waals surface area contributed by atoms with Crippen LogP contribution in [-0.2, 0) is 16.1 Å². The van der Waals surface area contributed by atoms with Crippen molar-refractivity contribution in [2.45, 2.75) is 12.5 Å². The third-order valence-electron chi connectivity index (χ3n) is 5.50. The van der Waals surface area contributed by atoms with Gasteiger partial charge < -0.3 is 15.5 Å². The van der Waals surface area contributed by atoms with Crippen molar-refractivity contribution in [2.24, 2.45) is 0 Å². The van der Waals surface area contributed by atoms with E-state index >= 15 is 0 Å². The molecule has 0 aromatic heterocycles. The van der Waals surface area contributed by atoms with Gasteiger partial charge in [0, 0.05) is 45.0 Å². The second-order valence-electron chi connectivity index (χ2n) is 7.40. The van der Waals surface area contributed by atoms with Crippen LogP contribution in [0, 0.1) is 0 Å². The number of hydrogen-bond donors (Lipinski definition) is 2. The van der Waals surface area contributed by atoms with Gasteiger partial charge in [-0.15, -0.1) is 0 Å². The van der Waals surface area contributed by atoms with Gasteiger partial charge in [-0.1, -0.05) is 42.5 Å². The van der Waals surface area contributed by atoms with E-state index in [2.05, 4.69) is 27.7 Å². The van der Waals surface area contributed by atoms with Crippen molar-refractivity contribution in [3.63, 3.8) is 0 Å². The third kappa shape index (κ3) is 4.24. The number of carbonyl (C=O) groups is 2. The van der Waals surface area contributed by atoms with Gasteiger partial charge >= 0.3 is 0 Å². The third-order valence-corrected chi connectivity index (χ3v) is 5.50. The molecule has 6 heteroatoms. The van der Waals surface area contributed by atoms with Gasteiger partial charge in [-0.05, 0) is 23.3 Å². The molecule has 0 saturated carbocycles. The molecule has 1 atom stereocenters. The summed E-state index contributed by atoms with van der Waals surface area (Å²) in [6.45, 7) is 4.63. The van der Waals surface area contributed by atoms with Crippen LogP contribution < -0.4 is 10.6 Å². The normalized spacial score (nSPS) is 19.7. The lowest BCUT2D eigenvalue weighted by molar-refractivity contribution is -0.134. The average molecular weight is 378 g/mol. The van der Waals surface area contributed by atoms with Crippen molar-refractivity contribution >= 4 is 17.5 Å². The van der Waals surface area contributed by atoms with E-state index in [4.69, 9.17) is 0 Å². The first-order valence-electron chi connectivity index (χ1n) is 9.85. The number of amides is 2. The van der Waals surface area contributed by atoms with Crippen LogP contribution in [0.4, 0.5) is 5.69 Å². The smallest absolute Gasteiger partial charge is 0.238 e. The lowest BCUT2D eigenvalue weighted by atomic mass is 9.89. The number of carbonyl (C=O) groups excluding carboxylic acids is 2. The van der Waals surface area contributed by atoms with Gasteiger partial charge in [-0.2, -0.15) is 0 Å². The summed E-state index contributed by atoms with van der Waals surface area (Å²) < 4.78 is 0. The van der Waals surface area contributed by atoms with Gasteiger partial charge in [0.25, 0.3) is 0 Å². The highest BCUT2D eigenvalue weighted by molar-refractivity contribution is 5.92. The van der Waals surface area contributed by atoms with Crippen LogP contribution in [0.2, 0.25) is 0 Å². The summed E-state index contributed by atoms with van der Waals surface area (Å²) in [5, 5.41) is 6.27. The van der Waals surface area contributed by atoms with Gasteiger partial charge in [0.1, 0.15) is 0 Å². The average Bonchev–Trinajstić information content (AvgIpc) is 2.74. The summed E-state index contributed by atoms with van der Waals surface area (Å²) >= 11 is 0. The van der Waals surface area contributed by atoms with E-state index in [0.29, 0.717) is 26.2 Å². The molecule has 0 radical (unpaired) electrons. The molecule has 0 spiro atoms. The summed E-state index contributed by atoms with van der Waals surface area (Å²) in [7, 11) is 0. The molecular weight excluding hydrogens is 352 g/mol. The zero-order valence-corrected chi connectivity index (χ0v) is 15.9. The number of fused-ring (bicyclic) bond motifs is 1. The molecule has 1 saturated heterocycles. The maximum Gasteiger partial charge on any atom is 0.238 e. The summed E-state index contributed by atoms with van der Waals surface area (Å²) in [5.74, 6) is 0.0577. The van der Waals surface area contributed by atoms with Gasteiger partial charge in [-0.25, -0.2) is 0 Å². The number of benzene rings is 2. The largest absolute Gasteiger partial charge is 0.340 e. The molecule has 0 bridgehead atoms. The van der Waals surface area contributed by atoms with Gasteiger partial charge in [0.05, 0.1) is 12.5 Å². The quantitative estimate of drug-likeness (QED) is 0.849. The fourth-order valence-corrected chi connectivity index (χ4v) is 3.99. The Balaban J connectivity index is 1.30. The van der Waals surface area contributed by atoms with E-state index in [1.807, 2.05) is 47.4 Å². The Morgan fingerprint density at radius 3 is 2.46 bits per heavy atom. The van der Waals surface area contributed by atoms with E-state index in [-0.39, 0.29) is 17.7 Å². The van der Waals surface area contributed by atoms with E-state index in [9.17, 15) is 9.59 Å². The summed E-state index contributed by atoms with van der Waals surface area (Å²) in [5.41, 5.74) is 3.17. The van der Waals surface area contributed by atoms with Crippen molar-refractivity contribution in [1.29, 1.82) is 0 Å². The number of rotatable bonds is 4. The molecule has 2 aliphatic heterocycles. The van der Waals surface area contributed by atoms with Gasteiger partial charge in [0.15, 0.2) is 0 Å².